The maximum atomic E-state index is 14.2. The molecular weight excluding hydrogens is 261 g/mol. The third-order valence-corrected chi connectivity index (χ3v) is 3.94. The van der Waals surface area contributed by atoms with E-state index in [4.69, 9.17) is 18.0 Å². The van der Waals surface area contributed by atoms with Crippen LogP contribution in [0, 0.1) is 5.82 Å². The molecule has 1 aliphatic heterocycles. The third-order valence-electron chi connectivity index (χ3n) is 3.72. The Morgan fingerprint density at radius 2 is 2.26 bits per heavy atom. The summed E-state index contributed by atoms with van der Waals surface area (Å²) in [6.07, 6.45) is 1.13. The molecule has 2 rings (SSSR count). The lowest BCUT2D eigenvalue weighted by atomic mass is 10.1. The first-order valence-electron chi connectivity index (χ1n) is 6.45. The van der Waals surface area contributed by atoms with Crippen LogP contribution in [0.4, 0.5) is 4.39 Å². The predicted octanol–water partition coefficient (Wildman–Crippen LogP) is 1.60. The van der Waals surface area contributed by atoms with Crippen LogP contribution in [-0.4, -0.2) is 48.0 Å². The van der Waals surface area contributed by atoms with E-state index >= 15 is 0 Å². The van der Waals surface area contributed by atoms with Crippen molar-refractivity contribution >= 4 is 17.2 Å². The molecule has 104 valence electrons. The van der Waals surface area contributed by atoms with E-state index in [-0.39, 0.29) is 10.8 Å². The van der Waals surface area contributed by atoms with E-state index in [0.717, 1.165) is 19.5 Å². The fourth-order valence-electron chi connectivity index (χ4n) is 2.51. The second-order valence-electron chi connectivity index (χ2n) is 5.28. The average molecular weight is 281 g/mol. The van der Waals surface area contributed by atoms with Crippen LogP contribution in [0.5, 0.6) is 0 Å². The van der Waals surface area contributed by atoms with Gasteiger partial charge in [-0.3, -0.25) is 4.90 Å². The van der Waals surface area contributed by atoms with Crippen LogP contribution < -0.4 is 5.73 Å². The summed E-state index contributed by atoms with van der Waals surface area (Å²) < 4.78 is 14.2. The topological polar surface area (TPSA) is 32.5 Å². The van der Waals surface area contributed by atoms with Gasteiger partial charge in [-0.05, 0) is 26.6 Å². The van der Waals surface area contributed by atoms with Crippen molar-refractivity contribution in [1.29, 1.82) is 0 Å². The van der Waals surface area contributed by atoms with Crippen molar-refractivity contribution < 1.29 is 4.39 Å². The Balaban J connectivity index is 2.08. The molecule has 1 aromatic carbocycles. The van der Waals surface area contributed by atoms with Crippen LogP contribution >= 0.6 is 12.2 Å². The van der Waals surface area contributed by atoms with Gasteiger partial charge in [0.1, 0.15) is 10.8 Å². The highest BCUT2D eigenvalue weighted by Crippen LogP contribution is 2.19. The van der Waals surface area contributed by atoms with Crippen molar-refractivity contribution in [2.75, 3.05) is 27.2 Å². The van der Waals surface area contributed by atoms with Gasteiger partial charge in [-0.15, -0.1) is 0 Å². The number of hydrogen-bond donors (Lipinski definition) is 1. The molecule has 1 saturated heterocycles. The van der Waals surface area contributed by atoms with E-state index in [0.29, 0.717) is 23.7 Å². The van der Waals surface area contributed by atoms with Crippen molar-refractivity contribution in [3.05, 3.63) is 35.1 Å². The van der Waals surface area contributed by atoms with Crippen LogP contribution in [-0.2, 0) is 6.54 Å². The fraction of sp³-hybridized carbons (Fsp3) is 0.500. The lowest BCUT2D eigenvalue weighted by Gasteiger charge is -2.20. The van der Waals surface area contributed by atoms with E-state index in [9.17, 15) is 4.39 Å². The van der Waals surface area contributed by atoms with Crippen molar-refractivity contribution in [3.8, 4) is 0 Å². The standard InChI is InChI=1S/C14H20FN3S/c1-17(2)11-6-7-18(9-11)8-10-4-3-5-12(13(10)15)14(16)19/h3-5,11H,6-9H2,1-2H3,(H2,16,19). The first-order valence-corrected chi connectivity index (χ1v) is 6.86. The lowest BCUT2D eigenvalue weighted by molar-refractivity contribution is 0.263. The zero-order chi connectivity index (χ0) is 14.0. The van der Waals surface area contributed by atoms with Gasteiger partial charge in [0.25, 0.3) is 0 Å². The van der Waals surface area contributed by atoms with Crippen LogP contribution in [0.2, 0.25) is 0 Å². The molecule has 1 fully saturated rings. The average Bonchev–Trinajstić information content (AvgIpc) is 2.80. The van der Waals surface area contributed by atoms with Crippen molar-refractivity contribution in [1.82, 2.24) is 9.80 Å². The molecule has 0 bridgehead atoms. The number of rotatable bonds is 4. The number of likely N-dealkylation sites (tertiary alicyclic amines) is 1. The normalized spacial score (nSPS) is 20.1. The molecule has 0 amide bonds. The lowest BCUT2D eigenvalue weighted by Crippen LogP contribution is -2.31. The predicted molar refractivity (Wildman–Crippen MR) is 79.7 cm³/mol. The Morgan fingerprint density at radius 3 is 2.84 bits per heavy atom. The summed E-state index contributed by atoms with van der Waals surface area (Å²) in [6, 6.07) is 5.81. The van der Waals surface area contributed by atoms with Crippen LogP contribution in [0.15, 0.2) is 18.2 Å². The fourth-order valence-corrected chi connectivity index (χ4v) is 2.67. The van der Waals surface area contributed by atoms with Gasteiger partial charge in [-0.1, -0.05) is 24.4 Å². The molecule has 19 heavy (non-hydrogen) atoms. The largest absolute Gasteiger partial charge is 0.389 e. The number of nitrogens with zero attached hydrogens (tertiary/aromatic N) is 2. The molecule has 1 aliphatic rings. The van der Waals surface area contributed by atoms with Crippen LogP contribution in [0.25, 0.3) is 0 Å². The van der Waals surface area contributed by atoms with Crippen LogP contribution in [0.3, 0.4) is 0 Å². The van der Waals surface area contributed by atoms with Gasteiger partial charge in [-0.2, -0.15) is 0 Å². The van der Waals surface area contributed by atoms with Gasteiger partial charge in [0.05, 0.1) is 0 Å². The maximum Gasteiger partial charge on any atom is 0.137 e. The Bertz CT molecular complexity index is 476. The van der Waals surface area contributed by atoms with E-state index in [1.807, 2.05) is 6.07 Å². The summed E-state index contributed by atoms with van der Waals surface area (Å²) in [7, 11) is 4.17. The zero-order valence-corrected chi connectivity index (χ0v) is 12.2. The number of nitrogens with two attached hydrogens (primary N) is 1. The number of benzene rings is 1. The summed E-state index contributed by atoms with van der Waals surface area (Å²) >= 11 is 4.86. The number of likely N-dealkylation sites (N-methyl/N-ethyl adjacent to an activating group) is 1. The minimum Gasteiger partial charge on any atom is -0.389 e. The van der Waals surface area contributed by atoms with Gasteiger partial charge >= 0.3 is 0 Å². The van der Waals surface area contributed by atoms with Gasteiger partial charge < -0.3 is 10.6 Å². The van der Waals surface area contributed by atoms with Gasteiger partial charge in [-0.25, -0.2) is 4.39 Å². The molecule has 1 atom stereocenters. The molecular formula is C14H20FN3S. The second kappa shape index (κ2) is 5.94. The molecule has 3 nitrogen and oxygen atoms in total. The molecule has 0 aromatic heterocycles. The minimum absolute atomic E-state index is 0.118. The van der Waals surface area contributed by atoms with E-state index in [1.165, 1.54) is 0 Å². The first-order chi connectivity index (χ1) is 8.99. The highest BCUT2D eigenvalue weighted by molar-refractivity contribution is 7.80. The number of hydrogen-bond acceptors (Lipinski definition) is 3. The van der Waals surface area contributed by atoms with Crippen molar-refractivity contribution in [2.24, 2.45) is 5.73 Å². The van der Waals surface area contributed by atoms with Gasteiger partial charge in [0.2, 0.25) is 0 Å². The minimum atomic E-state index is -0.275. The maximum absolute atomic E-state index is 14.2. The highest BCUT2D eigenvalue weighted by Gasteiger charge is 2.24. The highest BCUT2D eigenvalue weighted by atomic mass is 32.1. The van der Waals surface area contributed by atoms with Crippen molar-refractivity contribution in [2.45, 2.75) is 19.0 Å². The van der Waals surface area contributed by atoms with Gasteiger partial charge in [0, 0.05) is 36.8 Å². The number of halogens is 1. The Hall–Kier alpha value is -1.04. The van der Waals surface area contributed by atoms with E-state index < -0.39 is 0 Å². The number of thiocarbonyl (C=S) groups is 1. The summed E-state index contributed by atoms with van der Waals surface area (Å²) in [5, 5.41) is 0. The summed E-state index contributed by atoms with van der Waals surface area (Å²) in [6.45, 7) is 2.59. The van der Waals surface area contributed by atoms with Gasteiger partial charge in [0.15, 0.2) is 0 Å². The van der Waals surface area contributed by atoms with Crippen molar-refractivity contribution in [3.63, 3.8) is 0 Å². The molecule has 2 N–H and O–H groups in total. The Labute approximate surface area is 119 Å². The monoisotopic (exact) mass is 281 g/mol. The zero-order valence-electron chi connectivity index (χ0n) is 11.4. The van der Waals surface area contributed by atoms with Crippen LogP contribution in [0.1, 0.15) is 17.5 Å². The molecule has 1 unspecified atom stereocenters. The molecule has 5 heteroatoms. The summed E-state index contributed by atoms with van der Waals surface area (Å²) in [4.78, 5) is 4.61. The molecule has 1 aromatic rings. The van der Waals surface area contributed by atoms with E-state index in [1.54, 1.807) is 12.1 Å². The first kappa shape index (κ1) is 14.4. The third kappa shape index (κ3) is 3.29. The van der Waals surface area contributed by atoms with E-state index in [2.05, 4.69) is 23.9 Å². The second-order valence-corrected chi connectivity index (χ2v) is 5.72. The molecule has 0 saturated carbocycles. The smallest absolute Gasteiger partial charge is 0.137 e. The quantitative estimate of drug-likeness (QED) is 0.850. The SMILES string of the molecule is CN(C)C1CCN(Cc2cccc(C(N)=S)c2F)C1. The Morgan fingerprint density at radius 1 is 1.53 bits per heavy atom. The molecule has 0 radical (unpaired) electrons. The molecule has 0 spiro atoms. The molecule has 1 heterocycles. The summed E-state index contributed by atoms with van der Waals surface area (Å²) in [5.74, 6) is -0.275. The Kier molecular flexibility index (Phi) is 4.50. The molecule has 0 aliphatic carbocycles. The summed E-state index contributed by atoms with van der Waals surface area (Å²) in [5.41, 5.74) is 6.54.